The minimum atomic E-state index is -0.784. The number of esters is 1. The van der Waals surface area contributed by atoms with Crippen molar-refractivity contribution in [1.82, 2.24) is 5.32 Å². The number of unbranched alkanes of at least 4 members (excludes halogenated alkanes) is 36. The third-order valence-corrected chi connectivity index (χ3v) is 12.8. The molecule has 0 heterocycles. The van der Waals surface area contributed by atoms with E-state index in [0.717, 1.165) is 51.4 Å². The van der Waals surface area contributed by atoms with E-state index in [4.69, 9.17) is 4.74 Å². The summed E-state index contributed by atoms with van der Waals surface area (Å²) in [5.41, 5.74) is 0. The van der Waals surface area contributed by atoms with Crippen LogP contribution in [0.25, 0.3) is 0 Å². The minimum Gasteiger partial charge on any atom is -0.462 e. The first-order valence-electron chi connectivity index (χ1n) is 27.4. The van der Waals surface area contributed by atoms with Crippen LogP contribution in [0, 0.1) is 0 Å². The van der Waals surface area contributed by atoms with Crippen LogP contribution in [0.15, 0.2) is 12.2 Å². The molecule has 0 aliphatic carbocycles. The Hall–Kier alpha value is -1.40. The number of carbonyl (C=O) groups is 2. The van der Waals surface area contributed by atoms with Gasteiger partial charge in [0, 0.05) is 6.42 Å². The summed E-state index contributed by atoms with van der Waals surface area (Å²) in [6, 6.07) is -0.698. The van der Waals surface area contributed by atoms with Crippen molar-refractivity contribution in [2.45, 2.75) is 322 Å². The summed E-state index contributed by atoms with van der Waals surface area (Å²) < 4.78 is 5.93. The van der Waals surface area contributed by atoms with Crippen molar-refractivity contribution in [2.24, 2.45) is 0 Å². The van der Waals surface area contributed by atoms with Gasteiger partial charge in [0.15, 0.2) is 0 Å². The molecule has 0 saturated carbocycles. The summed E-state index contributed by atoms with van der Waals surface area (Å²) in [5.74, 6) is -0.474. The Bertz CT molecular complexity index is 924. The molecule has 3 atom stereocenters. The predicted octanol–water partition coefficient (Wildman–Crippen LogP) is 16.5. The van der Waals surface area contributed by atoms with Crippen LogP contribution in [0.5, 0.6) is 0 Å². The molecule has 3 unspecified atom stereocenters. The van der Waals surface area contributed by atoms with Gasteiger partial charge >= 0.3 is 5.97 Å². The number of hydrogen-bond donors (Lipinski definition) is 3. The molecule has 6 heteroatoms. The van der Waals surface area contributed by atoms with Crippen LogP contribution >= 0.6 is 0 Å². The first-order chi connectivity index (χ1) is 30.0. The van der Waals surface area contributed by atoms with Crippen LogP contribution in [0.4, 0.5) is 0 Å². The van der Waals surface area contributed by atoms with Crippen LogP contribution in [0.1, 0.15) is 303 Å². The molecule has 0 spiro atoms. The third kappa shape index (κ3) is 45.0. The first kappa shape index (κ1) is 59.6. The average molecular weight is 862 g/mol. The highest BCUT2D eigenvalue weighted by atomic mass is 16.5. The summed E-state index contributed by atoms with van der Waals surface area (Å²) in [4.78, 5) is 26.1. The van der Waals surface area contributed by atoms with Gasteiger partial charge in [0.25, 0.3) is 0 Å². The van der Waals surface area contributed by atoms with Gasteiger partial charge in [-0.2, -0.15) is 0 Å². The summed E-state index contributed by atoms with van der Waals surface area (Å²) in [6.07, 6.45) is 55.6. The van der Waals surface area contributed by atoms with Gasteiger partial charge in [-0.05, 0) is 51.4 Å². The van der Waals surface area contributed by atoms with Gasteiger partial charge in [-0.25, -0.2) is 0 Å². The molecule has 0 fully saturated rings. The van der Waals surface area contributed by atoms with Gasteiger partial charge in [0.05, 0.1) is 25.2 Å². The van der Waals surface area contributed by atoms with Crippen molar-refractivity contribution in [3.63, 3.8) is 0 Å². The lowest BCUT2D eigenvalue weighted by molar-refractivity contribution is -0.151. The van der Waals surface area contributed by atoms with Crippen molar-refractivity contribution in [3.05, 3.63) is 12.2 Å². The lowest BCUT2D eigenvalue weighted by Gasteiger charge is -2.24. The number of ether oxygens (including phenoxy) is 1. The number of amides is 1. The van der Waals surface area contributed by atoms with Crippen LogP contribution in [0.2, 0.25) is 0 Å². The number of aliphatic hydroxyl groups excluding tert-OH is 2. The smallest absolute Gasteiger partial charge is 0.306 e. The molecular weight excluding hydrogens is 755 g/mol. The summed E-state index contributed by atoms with van der Waals surface area (Å²) in [6.45, 7) is 6.50. The van der Waals surface area contributed by atoms with Crippen LogP contribution in [-0.4, -0.2) is 46.9 Å². The average Bonchev–Trinajstić information content (AvgIpc) is 3.25. The lowest BCUT2D eigenvalue weighted by atomic mass is 10.0. The van der Waals surface area contributed by atoms with E-state index in [1.54, 1.807) is 0 Å². The Balaban J connectivity index is 4.47. The van der Waals surface area contributed by atoms with E-state index in [1.807, 2.05) is 0 Å². The molecule has 0 radical (unpaired) electrons. The van der Waals surface area contributed by atoms with E-state index in [-0.39, 0.29) is 24.9 Å². The normalized spacial score (nSPS) is 13.2. The number of allylic oxidation sites excluding steroid dienone is 2. The second-order valence-corrected chi connectivity index (χ2v) is 19.0. The van der Waals surface area contributed by atoms with Crippen molar-refractivity contribution >= 4 is 11.9 Å². The van der Waals surface area contributed by atoms with Gasteiger partial charge in [-0.1, -0.05) is 251 Å². The second-order valence-electron chi connectivity index (χ2n) is 19.0. The molecule has 6 nitrogen and oxygen atoms in total. The van der Waals surface area contributed by atoms with E-state index in [0.29, 0.717) is 19.3 Å². The molecule has 0 bridgehead atoms. The quantitative estimate of drug-likeness (QED) is 0.0322. The highest BCUT2D eigenvalue weighted by molar-refractivity contribution is 5.77. The fourth-order valence-corrected chi connectivity index (χ4v) is 8.66. The highest BCUT2D eigenvalue weighted by Gasteiger charge is 2.24. The summed E-state index contributed by atoms with van der Waals surface area (Å²) in [5, 5.41) is 23.8. The van der Waals surface area contributed by atoms with Crippen LogP contribution in [0.3, 0.4) is 0 Å². The zero-order valence-corrected chi connectivity index (χ0v) is 41.3. The Kier molecular flexibility index (Phi) is 48.5. The summed E-state index contributed by atoms with van der Waals surface area (Å²) in [7, 11) is 0. The van der Waals surface area contributed by atoms with Crippen molar-refractivity contribution in [2.75, 3.05) is 6.61 Å². The molecule has 1 amide bonds. The molecule has 0 saturated heterocycles. The Morgan fingerprint density at radius 1 is 0.459 bits per heavy atom. The van der Waals surface area contributed by atoms with Gasteiger partial charge in [0.2, 0.25) is 5.91 Å². The fraction of sp³-hybridized carbons (Fsp3) is 0.927. The van der Waals surface area contributed by atoms with Crippen LogP contribution in [-0.2, 0) is 14.3 Å². The molecule has 0 aromatic heterocycles. The minimum absolute atomic E-state index is 0.0789. The van der Waals surface area contributed by atoms with Crippen molar-refractivity contribution in [3.8, 4) is 0 Å². The topological polar surface area (TPSA) is 95.9 Å². The molecule has 0 aromatic rings. The van der Waals surface area contributed by atoms with E-state index >= 15 is 0 Å². The first-order valence-corrected chi connectivity index (χ1v) is 27.4. The predicted molar refractivity (Wildman–Crippen MR) is 264 cm³/mol. The zero-order valence-electron chi connectivity index (χ0n) is 41.3. The van der Waals surface area contributed by atoms with Gasteiger partial charge in [-0.3, -0.25) is 9.59 Å². The maximum absolute atomic E-state index is 13.2. The lowest BCUT2D eigenvalue weighted by Crippen LogP contribution is -2.46. The molecule has 0 rings (SSSR count). The molecule has 61 heavy (non-hydrogen) atoms. The van der Waals surface area contributed by atoms with Crippen LogP contribution < -0.4 is 5.32 Å². The summed E-state index contributed by atoms with van der Waals surface area (Å²) >= 11 is 0. The van der Waals surface area contributed by atoms with Gasteiger partial charge in [-0.15, -0.1) is 0 Å². The number of carbonyl (C=O) groups excluding carboxylic acids is 2. The monoisotopic (exact) mass is 862 g/mol. The molecule has 3 N–H and O–H groups in total. The molecule has 362 valence electrons. The third-order valence-electron chi connectivity index (χ3n) is 12.8. The molecule has 0 aliphatic rings. The maximum atomic E-state index is 13.2. The SMILES string of the molecule is CCCCCCCC/C=C\CCCCCC(=O)OC(CCCCCCCCCCCCCC)CC(=O)NC(CO)C(O)CCCCCCCCCCCCCCCCCCC. The Labute approximate surface area is 380 Å². The van der Waals surface area contributed by atoms with Crippen molar-refractivity contribution < 1.29 is 24.5 Å². The Morgan fingerprint density at radius 3 is 1.16 bits per heavy atom. The fourth-order valence-electron chi connectivity index (χ4n) is 8.66. The maximum Gasteiger partial charge on any atom is 0.306 e. The van der Waals surface area contributed by atoms with Crippen molar-refractivity contribution in [1.29, 1.82) is 0 Å². The number of aliphatic hydroxyl groups is 2. The standard InChI is InChI=1S/C55H107NO5/c1-4-7-10-13-16-19-22-25-26-27-28-30-32-35-38-41-44-47-53(58)52(50-57)56-54(59)49-51(46-43-40-37-34-31-24-21-18-15-12-9-6-3)61-55(60)48-45-42-39-36-33-29-23-20-17-14-11-8-5-2/h29,33,51-53,57-58H,4-28,30-32,34-50H2,1-3H3,(H,56,59)/b33-29-. The molecule has 0 aromatic carbocycles. The number of rotatable bonds is 50. The van der Waals surface area contributed by atoms with E-state index in [1.165, 1.54) is 205 Å². The number of nitrogens with one attached hydrogen (secondary N) is 1. The Morgan fingerprint density at radius 2 is 0.787 bits per heavy atom. The number of hydrogen-bond acceptors (Lipinski definition) is 5. The van der Waals surface area contributed by atoms with E-state index in [2.05, 4.69) is 38.2 Å². The van der Waals surface area contributed by atoms with Gasteiger partial charge < -0.3 is 20.3 Å². The second kappa shape index (κ2) is 49.6. The van der Waals surface area contributed by atoms with E-state index < -0.39 is 18.2 Å². The van der Waals surface area contributed by atoms with E-state index in [9.17, 15) is 19.8 Å². The molecule has 0 aliphatic heterocycles. The zero-order chi connectivity index (χ0) is 44.5. The van der Waals surface area contributed by atoms with Gasteiger partial charge in [0.1, 0.15) is 6.10 Å². The molecular formula is C55H107NO5. The highest BCUT2D eigenvalue weighted by Crippen LogP contribution is 2.19. The largest absolute Gasteiger partial charge is 0.462 e.